The zero-order chi connectivity index (χ0) is 18.0. The molecule has 1 aromatic carbocycles. The van der Waals surface area contributed by atoms with Crippen LogP contribution in [-0.2, 0) is 14.3 Å². The van der Waals surface area contributed by atoms with Gasteiger partial charge in [0.15, 0.2) is 5.11 Å². The molecule has 1 aromatic rings. The number of carbonyl (C=O) groups excluding carboxylic acids is 1. The SMILES string of the molecule is COCCOC(=O)C1=C(C)N(C2CC2)C(=S)NC1c1ccccc1F. The number of carbonyl (C=O) groups is 1. The predicted octanol–water partition coefficient (Wildman–Crippen LogP) is 2.68. The molecule has 1 aliphatic heterocycles. The molecular formula is C18H21FN2O3S. The molecule has 0 spiro atoms. The van der Waals surface area contributed by atoms with Crippen molar-refractivity contribution >= 4 is 23.3 Å². The second-order valence-electron chi connectivity index (χ2n) is 6.13. The lowest BCUT2D eigenvalue weighted by molar-refractivity contribution is -0.140. The van der Waals surface area contributed by atoms with Crippen LogP contribution in [0.1, 0.15) is 31.4 Å². The van der Waals surface area contributed by atoms with Crippen LogP contribution < -0.4 is 5.32 Å². The molecule has 0 radical (unpaired) electrons. The third kappa shape index (κ3) is 3.67. The molecule has 0 bridgehead atoms. The first-order chi connectivity index (χ1) is 12.0. The van der Waals surface area contributed by atoms with Crippen LogP contribution in [-0.4, -0.2) is 42.3 Å². The standard InChI is InChI=1S/C18H21FN2O3S/c1-11-15(17(22)24-10-9-23-2)16(13-5-3-4-6-14(13)19)20-18(25)21(11)12-7-8-12/h3-6,12,16H,7-10H2,1-2H3,(H,20,25). The first-order valence-corrected chi connectivity index (χ1v) is 8.66. The van der Waals surface area contributed by atoms with Gasteiger partial charge in [-0.3, -0.25) is 0 Å². The van der Waals surface area contributed by atoms with Crippen molar-refractivity contribution in [3.05, 3.63) is 46.9 Å². The van der Waals surface area contributed by atoms with Crippen molar-refractivity contribution in [2.45, 2.75) is 31.8 Å². The second kappa shape index (κ2) is 7.49. The van der Waals surface area contributed by atoms with E-state index in [1.807, 2.05) is 11.8 Å². The summed E-state index contributed by atoms with van der Waals surface area (Å²) in [6, 6.07) is 6.00. The van der Waals surface area contributed by atoms with Gasteiger partial charge in [0.2, 0.25) is 0 Å². The Hall–Kier alpha value is -1.99. The lowest BCUT2D eigenvalue weighted by Crippen LogP contribution is -2.49. The van der Waals surface area contributed by atoms with Gasteiger partial charge in [-0.2, -0.15) is 0 Å². The van der Waals surface area contributed by atoms with Gasteiger partial charge in [0, 0.05) is 24.4 Å². The average Bonchev–Trinajstić information content (AvgIpc) is 3.39. The van der Waals surface area contributed by atoms with Gasteiger partial charge in [0.05, 0.1) is 18.2 Å². The van der Waals surface area contributed by atoms with E-state index in [0.29, 0.717) is 28.9 Å². The Balaban J connectivity index is 1.99. The van der Waals surface area contributed by atoms with Crippen LogP contribution in [0.25, 0.3) is 0 Å². The maximum absolute atomic E-state index is 14.3. The second-order valence-corrected chi connectivity index (χ2v) is 6.52. The fraction of sp³-hybridized carbons (Fsp3) is 0.444. The van der Waals surface area contributed by atoms with Gasteiger partial charge in [-0.05, 0) is 38.0 Å². The number of rotatable bonds is 6. The summed E-state index contributed by atoms with van der Waals surface area (Å²) in [5.41, 5.74) is 1.49. The number of nitrogens with zero attached hydrogens (tertiary/aromatic N) is 1. The zero-order valence-electron chi connectivity index (χ0n) is 14.3. The Morgan fingerprint density at radius 1 is 1.36 bits per heavy atom. The number of ether oxygens (including phenoxy) is 2. The normalized spacial score (nSPS) is 20.5. The van der Waals surface area contributed by atoms with Crippen LogP contribution in [0.15, 0.2) is 35.5 Å². The van der Waals surface area contributed by atoms with Gasteiger partial charge in [-0.1, -0.05) is 18.2 Å². The molecule has 1 aliphatic carbocycles. The summed E-state index contributed by atoms with van der Waals surface area (Å²) in [4.78, 5) is 14.6. The first-order valence-electron chi connectivity index (χ1n) is 8.25. The van der Waals surface area contributed by atoms with Crippen molar-refractivity contribution in [2.24, 2.45) is 0 Å². The predicted molar refractivity (Wildman–Crippen MR) is 95.3 cm³/mol. The summed E-state index contributed by atoms with van der Waals surface area (Å²) >= 11 is 5.47. The molecule has 1 fully saturated rings. The van der Waals surface area contributed by atoms with Crippen LogP contribution in [0.5, 0.6) is 0 Å². The zero-order valence-corrected chi connectivity index (χ0v) is 15.1. The molecule has 1 atom stereocenters. The molecular weight excluding hydrogens is 343 g/mol. The smallest absolute Gasteiger partial charge is 0.338 e. The molecule has 25 heavy (non-hydrogen) atoms. The number of methoxy groups -OCH3 is 1. The summed E-state index contributed by atoms with van der Waals surface area (Å²) in [6.45, 7) is 2.29. The highest BCUT2D eigenvalue weighted by Gasteiger charge is 2.41. The van der Waals surface area contributed by atoms with Crippen molar-refractivity contribution < 1.29 is 18.7 Å². The maximum atomic E-state index is 14.3. The van der Waals surface area contributed by atoms with Crippen LogP contribution in [0.2, 0.25) is 0 Å². The molecule has 3 rings (SSSR count). The van der Waals surface area contributed by atoms with E-state index < -0.39 is 17.8 Å². The minimum absolute atomic E-state index is 0.143. The first kappa shape index (κ1) is 17.8. The molecule has 0 amide bonds. The van der Waals surface area contributed by atoms with Crippen LogP contribution in [0.3, 0.4) is 0 Å². The Kier molecular flexibility index (Phi) is 5.34. The quantitative estimate of drug-likeness (QED) is 0.476. The summed E-state index contributed by atoms with van der Waals surface area (Å²) in [5, 5.41) is 3.64. The number of benzene rings is 1. The maximum Gasteiger partial charge on any atom is 0.338 e. The van der Waals surface area contributed by atoms with E-state index >= 15 is 0 Å². The van der Waals surface area contributed by atoms with E-state index in [4.69, 9.17) is 21.7 Å². The number of halogens is 1. The lowest BCUT2D eigenvalue weighted by atomic mass is 9.94. The average molecular weight is 364 g/mol. The minimum Gasteiger partial charge on any atom is -0.460 e. The molecule has 1 saturated carbocycles. The summed E-state index contributed by atoms with van der Waals surface area (Å²) < 4.78 is 24.6. The van der Waals surface area contributed by atoms with Gasteiger partial charge in [0.1, 0.15) is 12.4 Å². The number of hydrogen-bond donors (Lipinski definition) is 1. The highest BCUT2D eigenvalue weighted by molar-refractivity contribution is 7.80. The molecule has 0 aromatic heterocycles. The monoisotopic (exact) mass is 364 g/mol. The molecule has 1 N–H and O–H groups in total. The van der Waals surface area contributed by atoms with Crippen molar-refractivity contribution in [3.63, 3.8) is 0 Å². The van der Waals surface area contributed by atoms with E-state index in [0.717, 1.165) is 18.5 Å². The van der Waals surface area contributed by atoms with Crippen molar-refractivity contribution in [2.75, 3.05) is 20.3 Å². The van der Waals surface area contributed by atoms with Gasteiger partial charge in [-0.15, -0.1) is 0 Å². The number of thiocarbonyl (C=S) groups is 1. The Morgan fingerprint density at radius 3 is 2.72 bits per heavy atom. The molecule has 2 aliphatic rings. The Morgan fingerprint density at radius 2 is 2.08 bits per heavy atom. The summed E-state index contributed by atoms with van der Waals surface area (Å²) in [5.74, 6) is -0.874. The number of nitrogens with one attached hydrogen (secondary N) is 1. The summed E-state index contributed by atoms with van der Waals surface area (Å²) in [7, 11) is 1.54. The highest BCUT2D eigenvalue weighted by atomic mass is 32.1. The minimum atomic E-state index is -0.668. The Bertz CT molecular complexity index is 718. The van der Waals surface area contributed by atoms with E-state index in [-0.39, 0.29) is 6.61 Å². The van der Waals surface area contributed by atoms with Crippen molar-refractivity contribution in [3.8, 4) is 0 Å². The fourth-order valence-corrected chi connectivity index (χ4v) is 3.44. The molecule has 134 valence electrons. The molecule has 0 saturated heterocycles. The highest BCUT2D eigenvalue weighted by Crippen LogP contribution is 2.38. The molecule has 1 unspecified atom stereocenters. The van der Waals surface area contributed by atoms with Gasteiger partial charge in [-0.25, -0.2) is 9.18 Å². The fourth-order valence-electron chi connectivity index (χ4n) is 3.03. The third-order valence-corrected chi connectivity index (χ3v) is 4.71. The van der Waals surface area contributed by atoms with Crippen LogP contribution in [0, 0.1) is 5.82 Å². The van der Waals surface area contributed by atoms with E-state index in [1.54, 1.807) is 18.2 Å². The summed E-state index contributed by atoms with van der Waals surface area (Å²) in [6.07, 6.45) is 2.05. The van der Waals surface area contributed by atoms with E-state index in [1.165, 1.54) is 13.2 Å². The largest absolute Gasteiger partial charge is 0.460 e. The lowest BCUT2D eigenvalue weighted by Gasteiger charge is -2.37. The molecule has 1 heterocycles. The number of allylic oxidation sites excluding steroid dienone is 1. The van der Waals surface area contributed by atoms with E-state index in [2.05, 4.69) is 5.32 Å². The van der Waals surface area contributed by atoms with Crippen LogP contribution in [0.4, 0.5) is 4.39 Å². The van der Waals surface area contributed by atoms with Crippen molar-refractivity contribution in [1.29, 1.82) is 0 Å². The third-order valence-electron chi connectivity index (χ3n) is 4.40. The number of esters is 1. The van der Waals surface area contributed by atoms with E-state index in [9.17, 15) is 9.18 Å². The number of hydrogen-bond acceptors (Lipinski definition) is 4. The van der Waals surface area contributed by atoms with Gasteiger partial charge in [0.25, 0.3) is 0 Å². The van der Waals surface area contributed by atoms with Crippen molar-refractivity contribution in [1.82, 2.24) is 10.2 Å². The Labute approximate surface area is 151 Å². The topological polar surface area (TPSA) is 50.8 Å². The van der Waals surface area contributed by atoms with Gasteiger partial charge < -0.3 is 19.7 Å². The molecule has 7 heteroatoms. The van der Waals surface area contributed by atoms with Crippen LogP contribution >= 0.6 is 12.2 Å². The van der Waals surface area contributed by atoms with Gasteiger partial charge >= 0.3 is 5.97 Å². The molecule has 5 nitrogen and oxygen atoms in total.